The van der Waals surface area contributed by atoms with Crippen LogP contribution in [0.4, 0.5) is 0 Å². The van der Waals surface area contributed by atoms with Gasteiger partial charge in [-0.05, 0) is 18.4 Å². The minimum Gasteiger partial charge on any atom is -0.207 e. The van der Waals surface area contributed by atoms with Gasteiger partial charge in [0.2, 0.25) is 0 Å². The fourth-order valence-corrected chi connectivity index (χ4v) is 5.39. The van der Waals surface area contributed by atoms with Crippen molar-refractivity contribution in [3.8, 4) is 0 Å². The monoisotopic (exact) mass is 320 g/mol. The summed E-state index contributed by atoms with van der Waals surface area (Å²) in [5, 5.41) is 0. The molecule has 0 N–H and O–H groups in total. The molecule has 0 aromatic heterocycles. The van der Waals surface area contributed by atoms with Crippen LogP contribution < -0.4 is 0 Å². The number of halogens is 2. The molecule has 4 nitrogen and oxygen atoms in total. The summed E-state index contributed by atoms with van der Waals surface area (Å²) in [4.78, 5) is -0.744. The van der Waals surface area contributed by atoms with Gasteiger partial charge in [-0.25, -0.2) is 16.8 Å². The summed E-state index contributed by atoms with van der Waals surface area (Å²) >= 11 is 1.07. The van der Waals surface area contributed by atoms with Crippen LogP contribution in [-0.4, -0.2) is 23.1 Å². The van der Waals surface area contributed by atoms with Crippen molar-refractivity contribution in [2.75, 3.05) is 6.26 Å². The average molecular weight is 321 g/mol. The van der Waals surface area contributed by atoms with Crippen LogP contribution in [0.2, 0.25) is 0 Å². The molecular weight excluding hydrogens is 315 g/mol. The lowest BCUT2D eigenvalue weighted by Gasteiger charge is -2.07. The molecule has 0 aliphatic rings. The van der Waals surface area contributed by atoms with Gasteiger partial charge in [-0.15, -0.1) is 11.8 Å². The van der Waals surface area contributed by atoms with Crippen LogP contribution in [0.1, 0.15) is 0 Å². The highest BCUT2D eigenvalue weighted by Gasteiger charge is 2.26. The summed E-state index contributed by atoms with van der Waals surface area (Å²) in [5.74, 6) is 0. The first-order chi connectivity index (χ1) is 7.18. The van der Waals surface area contributed by atoms with Crippen LogP contribution in [0.25, 0.3) is 0 Å². The average Bonchev–Trinajstić information content (AvgIpc) is 2.13. The molecule has 0 saturated heterocycles. The molecule has 0 aliphatic heterocycles. The molecule has 0 amide bonds. The van der Waals surface area contributed by atoms with Gasteiger partial charge in [0.25, 0.3) is 18.1 Å². The zero-order valence-corrected chi connectivity index (χ0v) is 11.8. The van der Waals surface area contributed by atoms with Gasteiger partial charge in [-0.1, -0.05) is 6.07 Å². The van der Waals surface area contributed by atoms with Crippen LogP contribution in [0, 0.1) is 0 Å². The molecule has 0 heterocycles. The van der Waals surface area contributed by atoms with Crippen LogP contribution in [0.3, 0.4) is 0 Å². The largest absolute Gasteiger partial charge is 0.263 e. The number of thioether (sulfide) groups is 1. The van der Waals surface area contributed by atoms with Crippen molar-refractivity contribution in [1.82, 2.24) is 0 Å². The highest BCUT2D eigenvalue weighted by atomic mass is 35.7. The molecule has 1 rings (SSSR count). The van der Waals surface area contributed by atoms with Crippen LogP contribution in [-0.2, 0) is 18.1 Å². The SMILES string of the molecule is CSc1cccc(S(=O)(=O)Cl)c1S(=O)(=O)Cl. The van der Waals surface area contributed by atoms with Crippen molar-refractivity contribution < 1.29 is 16.8 Å². The smallest absolute Gasteiger partial charge is 0.207 e. The lowest BCUT2D eigenvalue weighted by atomic mass is 10.4. The number of hydrogen-bond acceptors (Lipinski definition) is 5. The normalized spacial score (nSPS) is 12.7. The molecule has 0 radical (unpaired) electrons. The Kier molecular flexibility index (Phi) is 4.18. The molecule has 0 spiro atoms. The molecule has 0 fully saturated rings. The summed E-state index contributed by atoms with van der Waals surface area (Å²) in [6, 6.07) is 3.94. The zero-order chi connectivity index (χ0) is 12.6. The third-order valence-electron chi connectivity index (χ3n) is 1.67. The topological polar surface area (TPSA) is 68.3 Å². The molecule has 0 unspecified atom stereocenters. The third-order valence-corrected chi connectivity index (χ3v) is 5.46. The van der Waals surface area contributed by atoms with Crippen LogP contribution in [0.15, 0.2) is 32.9 Å². The van der Waals surface area contributed by atoms with E-state index in [4.69, 9.17) is 21.4 Å². The highest BCUT2D eigenvalue weighted by molar-refractivity contribution is 8.16. The lowest BCUT2D eigenvalue weighted by Crippen LogP contribution is -2.03. The van der Waals surface area contributed by atoms with Crippen molar-refractivity contribution in [2.45, 2.75) is 14.7 Å². The van der Waals surface area contributed by atoms with Gasteiger partial charge in [0.1, 0.15) is 9.79 Å². The van der Waals surface area contributed by atoms with E-state index in [-0.39, 0.29) is 4.90 Å². The van der Waals surface area contributed by atoms with Crippen molar-refractivity contribution in [1.29, 1.82) is 0 Å². The van der Waals surface area contributed by atoms with E-state index in [1.807, 2.05) is 0 Å². The van der Waals surface area contributed by atoms with Crippen molar-refractivity contribution >= 4 is 51.2 Å². The molecular formula is C7H6Cl2O4S3. The van der Waals surface area contributed by atoms with Gasteiger partial charge in [-0.2, -0.15) is 0 Å². The Hall–Kier alpha value is 0.0500. The maximum absolute atomic E-state index is 11.3. The molecule has 1 aromatic carbocycles. The molecule has 1 aromatic rings. The maximum atomic E-state index is 11.3. The van der Waals surface area contributed by atoms with Gasteiger partial charge < -0.3 is 0 Å². The second-order valence-electron chi connectivity index (χ2n) is 2.66. The lowest BCUT2D eigenvalue weighted by molar-refractivity contribution is 0.595. The molecule has 90 valence electrons. The van der Waals surface area contributed by atoms with E-state index in [9.17, 15) is 16.8 Å². The van der Waals surface area contributed by atoms with Crippen molar-refractivity contribution in [3.63, 3.8) is 0 Å². The van der Waals surface area contributed by atoms with E-state index >= 15 is 0 Å². The highest BCUT2D eigenvalue weighted by Crippen LogP contribution is 2.34. The first-order valence-electron chi connectivity index (χ1n) is 3.74. The minimum atomic E-state index is -4.17. The van der Waals surface area contributed by atoms with Crippen LogP contribution >= 0.6 is 33.1 Å². The molecule has 0 bridgehead atoms. The van der Waals surface area contributed by atoms with Crippen molar-refractivity contribution in [3.05, 3.63) is 18.2 Å². The van der Waals surface area contributed by atoms with E-state index in [2.05, 4.69) is 0 Å². The zero-order valence-electron chi connectivity index (χ0n) is 7.85. The predicted molar refractivity (Wildman–Crippen MR) is 64.3 cm³/mol. The van der Waals surface area contributed by atoms with E-state index in [1.54, 1.807) is 6.26 Å². The Morgan fingerprint density at radius 2 is 1.62 bits per heavy atom. The molecule has 0 aliphatic carbocycles. The quantitative estimate of drug-likeness (QED) is 0.631. The van der Waals surface area contributed by atoms with Gasteiger partial charge in [0.05, 0.1) is 0 Å². The summed E-state index contributed by atoms with van der Waals surface area (Å²) in [5.41, 5.74) is 0. The third kappa shape index (κ3) is 3.04. The molecule has 9 heteroatoms. The number of hydrogen-bond donors (Lipinski definition) is 0. The van der Waals surface area contributed by atoms with Gasteiger partial charge in [0.15, 0.2) is 0 Å². The Bertz CT molecular complexity index is 607. The molecule has 0 saturated carbocycles. The Morgan fingerprint density at radius 1 is 1.06 bits per heavy atom. The number of rotatable bonds is 3. The van der Waals surface area contributed by atoms with Gasteiger partial charge >= 0.3 is 0 Å². The van der Waals surface area contributed by atoms with Crippen LogP contribution in [0.5, 0.6) is 0 Å². The van der Waals surface area contributed by atoms with E-state index in [0.29, 0.717) is 0 Å². The Labute approximate surface area is 107 Å². The second kappa shape index (κ2) is 4.73. The fourth-order valence-electron chi connectivity index (χ4n) is 1.09. The second-order valence-corrected chi connectivity index (χ2v) is 8.55. The fraction of sp³-hybridized carbons (Fsp3) is 0.143. The van der Waals surface area contributed by atoms with Crippen molar-refractivity contribution in [2.24, 2.45) is 0 Å². The summed E-state index contributed by atoms with van der Waals surface area (Å²) in [7, 11) is 2.00. The first kappa shape index (κ1) is 14.1. The minimum absolute atomic E-state index is 0.233. The summed E-state index contributed by atoms with van der Waals surface area (Å²) < 4.78 is 45.0. The van der Waals surface area contributed by atoms with E-state index < -0.39 is 27.9 Å². The Balaban J connectivity index is 3.79. The predicted octanol–water partition coefficient (Wildman–Crippen LogP) is 2.26. The first-order valence-corrected chi connectivity index (χ1v) is 9.58. The number of benzene rings is 1. The Morgan fingerprint density at radius 3 is 2.00 bits per heavy atom. The van der Waals surface area contributed by atoms with Gasteiger partial charge in [0, 0.05) is 26.3 Å². The van der Waals surface area contributed by atoms with E-state index in [0.717, 1.165) is 17.8 Å². The van der Waals surface area contributed by atoms with Gasteiger partial charge in [-0.3, -0.25) is 0 Å². The van der Waals surface area contributed by atoms with E-state index in [1.165, 1.54) is 12.1 Å². The molecule has 16 heavy (non-hydrogen) atoms. The molecule has 0 atom stereocenters. The maximum Gasteiger partial charge on any atom is 0.263 e. The summed E-state index contributed by atoms with van der Waals surface area (Å²) in [6.45, 7) is 0. The standard InChI is InChI=1S/C7H6Cl2O4S3/c1-14-5-3-2-4-6(15(8,10)11)7(5)16(9,12)13/h2-4H,1H3. The summed E-state index contributed by atoms with van der Waals surface area (Å²) in [6.07, 6.45) is 1.60.